The van der Waals surface area contributed by atoms with Crippen molar-refractivity contribution in [2.45, 2.75) is 6.42 Å². The fourth-order valence-electron chi connectivity index (χ4n) is 0.889. The molecule has 0 heterocycles. The van der Waals surface area contributed by atoms with Crippen molar-refractivity contribution < 1.29 is 9.18 Å². The van der Waals surface area contributed by atoms with Gasteiger partial charge in [-0.3, -0.25) is 4.79 Å². The summed E-state index contributed by atoms with van der Waals surface area (Å²) in [6.45, 7) is 0. The van der Waals surface area contributed by atoms with Crippen molar-refractivity contribution in [2.75, 3.05) is 5.32 Å². The minimum Gasteiger partial charge on any atom is -0.323 e. The Kier molecular flexibility index (Phi) is 3.89. The molecule has 1 N–H and O–H groups in total. The lowest BCUT2D eigenvalue weighted by atomic mass is 10.3. The van der Waals surface area contributed by atoms with Gasteiger partial charge in [0.15, 0.2) is 5.82 Å². The predicted molar refractivity (Wildman–Crippen MR) is 55.3 cm³/mol. The maximum atomic E-state index is 13.3. The van der Waals surface area contributed by atoms with Gasteiger partial charge in [-0.25, -0.2) is 4.39 Å². The van der Waals surface area contributed by atoms with E-state index in [2.05, 4.69) is 5.32 Å². The number of hydrogen-bond acceptors (Lipinski definition) is 2. The Morgan fingerprint density at radius 2 is 2.20 bits per heavy atom. The summed E-state index contributed by atoms with van der Waals surface area (Å²) in [5.74, 6) is -1.41. The third kappa shape index (κ3) is 2.82. The van der Waals surface area contributed by atoms with Gasteiger partial charge in [-0.2, -0.15) is 5.26 Å². The van der Waals surface area contributed by atoms with E-state index in [9.17, 15) is 9.18 Å². The summed E-state index contributed by atoms with van der Waals surface area (Å²) in [6.07, 6.45) is -0.348. The molecule has 0 aliphatic rings. The van der Waals surface area contributed by atoms with Gasteiger partial charge >= 0.3 is 0 Å². The Labute approximate surface area is 95.4 Å². The number of halogens is 3. The number of hydrogen-bond donors (Lipinski definition) is 1. The third-order valence-electron chi connectivity index (χ3n) is 1.55. The highest BCUT2D eigenvalue weighted by Gasteiger charge is 2.12. The topological polar surface area (TPSA) is 52.9 Å². The lowest BCUT2D eigenvalue weighted by molar-refractivity contribution is -0.115. The van der Waals surface area contributed by atoms with Crippen LogP contribution in [0.1, 0.15) is 6.42 Å². The molecule has 0 atom stereocenters. The standard InChI is InChI=1S/C9H5Cl2FN2O/c10-5-1-2-6(9(12)8(5)11)14-7(15)3-4-13/h1-2H,3H2,(H,14,15). The summed E-state index contributed by atoms with van der Waals surface area (Å²) in [4.78, 5) is 11.0. The van der Waals surface area contributed by atoms with Crippen LogP contribution in [0.15, 0.2) is 12.1 Å². The number of nitriles is 1. The molecule has 0 aliphatic carbocycles. The molecule has 1 aromatic carbocycles. The van der Waals surface area contributed by atoms with Crippen molar-refractivity contribution in [2.24, 2.45) is 0 Å². The normalized spacial score (nSPS) is 9.47. The molecule has 1 amide bonds. The highest BCUT2D eigenvalue weighted by molar-refractivity contribution is 6.42. The summed E-state index contributed by atoms with van der Waals surface area (Å²) >= 11 is 11.1. The lowest BCUT2D eigenvalue weighted by Gasteiger charge is -2.06. The van der Waals surface area contributed by atoms with Crippen molar-refractivity contribution in [1.82, 2.24) is 0 Å². The maximum absolute atomic E-state index is 13.3. The van der Waals surface area contributed by atoms with Gasteiger partial charge in [0.1, 0.15) is 6.42 Å². The van der Waals surface area contributed by atoms with Gasteiger partial charge in [-0.05, 0) is 12.1 Å². The van der Waals surface area contributed by atoms with Crippen molar-refractivity contribution in [1.29, 1.82) is 5.26 Å². The van der Waals surface area contributed by atoms with Crippen LogP contribution in [0.4, 0.5) is 10.1 Å². The molecule has 0 aliphatic heterocycles. The van der Waals surface area contributed by atoms with Crippen LogP contribution in [0.5, 0.6) is 0 Å². The van der Waals surface area contributed by atoms with E-state index in [1.165, 1.54) is 12.1 Å². The fourth-order valence-corrected chi connectivity index (χ4v) is 1.20. The molecule has 15 heavy (non-hydrogen) atoms. The lowest BCUT2D eigenvalue weighted by Crippen LogP contribution is -2.11. The second-order valence-electron chi connectivity index (χ2n) is 2.61. The summed E-state index contributed by atoms with van der Waals surface area (Å²) in [6, 6.07) is 4.27. The van der Waals surface area contributed by atoms with E-state index in [-0.39, 0.29) is 22.2 Å². The highest BCUT2D eigenvalue weighted by atomic mass is 35.5. The summed E-state index contributed by atoms with van der Waals surface area (Å²) in [5, 5.41) is 10.2. The zero-order chi connectivity index (χ0) is 11.4. The van der Waals surface area contributed by atoms with Crippen LogP contribution in [0.2, 0.25) is 10.0 Å². The fraction of sp³-hybridized carbons (Fsp3) is 0.111. The maximum Gasteiger partial charge on any atom is 0.238 e. The number of benzene rings is 1. The number of rotatable bonds is 2. The van der Waals surface area contributed by atoms with Gasteiger partial charge in [0.25, 0.3) is 0 Å². The van der Waals surface area contributed by atoms with Crippen molar-refractivity contribution in [3.8, 4) is 6.07 Å². The average molecular weight is 247 g/mol. The van der Waals surface area contributed by atoms with E-state index < -0.39 is 11.7 Å². The minimum absolute atomic E-state index is 0.0625. The molecule has 0 fully saturated rings. The number of amides is 1. The highest BCUT2D eigenvalue weighted by Crippen LogP contribution is 2.29. The third-order valence-corrected chi connectivity index (χ3v) is 2.33. The van der Waals surface area contributed by atoms with Crippen LogP contribution in [-0.4, -0.2) is 5.91 Å². The first-order valence-electron chi connectivity index (χ1n) is 3.86. The van der Waals surface area contributed by atoms with E-state index in [4.69, 9.17) is 28.5 Å². The van der Waals surface area contributed by atoms with Gasteiger partial charge in [0.05, 0.1) is 21.8 Å². The van der Waals surface area contributed by atoms with Crippen LogP contribution < -0.4 is 5.32 Å². The first-order chi connectivity index (χ1) is 7.06. The van der Waals surface area contributed by atoms with E-state index >= 15 is 0 Å². The molecule has 0 saturated heterocycles. The molecule has 0 radical (unpaired) electrons. The molecule has 0 spiro atoms. The van der Waals surface area contributed by atoms with Crippen molar-refractivity contribution >= 4 is 34.8 Å². The first-order valence-corrected chi connectivity index (χ1v) is 4.62. The van der Waals surface area contributed by atoms with E-state index in [0.29, 0.717) is 0 Å². The van der Waals surface area contributed by atoms with E-state index in [1.54, 1.807) is 6.07 Å². The Morgan fingerprint density at radius 1 is 1.53 bits per heavy atom. The zero-order valence-corrected chi connectivity index (χ0v) is 8.86. The van der Waals surface area contributed by atoms with Gasteiger partial charge < -0.3 is 5.32 Å². The molecule has 6 heteroatoms. The molecular weight excluding hydrogens is 242 g/mol. The molecule has 0 aromatic heterocycles. The second kappa shape index (κ2) is 4.96. The minimum atomic E-state index is -0.810. The monoisotopic (exact) mass is 246 g/mol. The molecule has 1 rings (SSSR count). The number of nitrogens with one attached hydrogen (secondary N) is 1. The Hall–Kier alpha value is -1.31. The Balaban J connectivity index is 2.93. The number of carbonyl (C=O) groups is 1. The van der Waals surface area contributed by atoms with Crippen LogP contribution in [0.25, 0.3) is 0 Å². The van der Waals surface area contributed by atoms with E-state index in [0.717, 1.165) is 0 Å². The second-order valence-corrected chi connectivity index (χ2v) is 3.39. The number of nitrogens with zero attached hydrogens (tertiary/aromatic N) is 1. The zero-order valence-electron chi connectivity index (χ0n) is 7.35. The average Bonchev–Trinajstić information content (AvgIpc) is 2.20. The van der Waals surface area contributed by atoms with Crippen LogP contribution >= 0.6 is 23.2 Å². The summed E-state index contributed by atoms with van der Waals surface area (Å²) in [7, 11) is 0. The molecule has 78 valence electrons. The van der Waals surface area contributed by atoms with Crippen LogP contribution in [0.3, 0.4) is 0 Å². The van der Waals surface area contributed by atoms with Gasteiger partial charge in [0, 0.05) is 0 Å². The molecule has 0 unspecified atom stereocenters. The van der Waals surface area contributed by atoms with Gasteiger partial charge in [0.2, 0.25) is 5.91 Å². The summed E-state index contributed by atoms with van der Waals surface area (Å²) < 4.78 is 13.3. The Morgan fingerprint density at radius 3 is 2.80 bits per heavy atom. The van der Waals surface area contributed by atoms with Gasteiger partial charge in [-0.1, -0.05) is 23.2 Å². The molecule has 0 bridgehead atoms. The number of anilines is 1. The first kappa shape index (κ1) is 11.8. The smallest absolute Gasteiger partial charge is 0.238 e. The Bertz CT molecular complexity index is 442. The largest absolute Gasteiger partial charge is 0.323 e. The van der Waals surface area contributed by atoms with Gasteiger partial charge in [-0.15, -0.1) is 0 Å². The van der Waals surface area contributed by atoms with Crippen LogP contribution in [-0.2, 0) is 4.79 Å². The van der Waals surface area contributed by atoms with Crippen LogP contribution in [0, 0.1) is 17.1 Å². The SMILES string of the molecule is N#CCC(=O)Nc1ccc(Cl)c(Cl)c1F. The molecule has 3 nitrogen and oxygen atoms in total. The molecular formula is C9H5Cl2FN2O. The number of carbonyl (C=O) groups excluding carboxylic acids is 1. The predicted octanol–water partition coefficient (Wildman–Crippen LogP) is 2.98. The van der Waals surface area contributed by atoms with Crippen molar-refractivity contribution in [3.63, 3.8) is 0 Å². The molecule has 0 saturated carbocycles. The van der Waals surface area contributed by atoms with E-state index in [1.807, 2.05) is 0 Å². The molecule has 1 aromatic rings. The summed E-state index contributed by atoms with van der Waals surface area (Å²) in [5.41, 5.74) is -0.0929. The quantitative estimate of drug-likeness (QED) is 0.816. The van der Waals surface area contributed by atoms with Crippen molar-refractivity contribution in [3.05, 3.63) is 28.0 Å².